The molecule has 2 atom stereocenters. The van der Waals surface area contributed by atoms with Gasteiger partial charge in [0.2, 0.25) is 11.8 Å². The summed E-state index contributed by atoms with van der Waals surface area (Å²) in [5.74, 6) is -1.09. The average Bonchev–Trinajstić information content (AvgIpc) is 3.32. The van der Waals surface area contributed by atoms with Crippen molar-refractivity contribution >= 4 is 35.2 Å². The van der Waals surface area contributed by atoms with Gasteiger partial charge in [0.1, 0.15) is 11.8 Å². The van der Waals surface area contributed by atoms with E-state index in [0.29, 0.717) is 48.9 Å². The highest BCUT2D eigenvalue weighted by molar-refractivity contribution is 6.01. The molecule has 2 saturated heterocycles. The van der Waals surface area contributed by atoms with Gasteiger partial charge in [-0.2, -0.15) is 0 Å². The van der Waals surface area contributed by atoms with Crippen LogP contribution in [0.4, 0.5) is 16.2 Å². The third kappa shape index (κ3) is 7.07. The lowest BCUT2D eigenvalue weighted by Gasteiger charge is -2.36. The van der Waals surface area contributed by atoms with Crippen LogP contribution in [-0.4, -0.2) is 107 Å². The van der Waals surface area contributed by atoms with Crippen LogP contribution in [0.25, 0.3) is 0 Å². The predicted molar refractivity (Wildman–Crippen MR) is 147 cm³/mol. The lowest BCUT2D eigenvalue weighted by atomic mass is 10.1. The molecule has 4 N–H and O–H groups in total. The summed E-state index contributed by atoms with van der Waals surface area (Å²) < 4.78 is 5.45. The molecular formula is C28H35N5O7. The Labute approximate surface area is 232 Å². The Hall–Kier alpha value is -4.16. The number of hydrogen-bond acceptors (Lipinski definition) is 7. The molecule has 2 aliphatic rings. The molecule has 2 fully saturated rings. The van der Waals surface area contributed by atoms with E-state index in [2.05, 4.69) is 10.6 Å². The Morgan fingerprint density at radius 1 is 1.00 bits per heavy atom. The number of nitrogens with zero attached hydrogens (tertiary/aromatic N) is 3. The minimum Gasteiger partial charge on any atom is -0.495 e. The number of rotatable bonds is 8. The van der Waals surface area contributed by atoms with Crippen molar-refractivity contribution in [2.24, 2.45) is 0 Å². The van der Waals surface area contributed by atoms with Crippen molar-refractivity contribution in [3.8, 4) is 5.75 Å². The van der Waals surface area contributed by atoms with Crippen LogP contribution in [0, 0.1) is 6.92 Å². The highest BCUT2D eigenvalue weighted by atomic mass is 16.5. The molecule has 12 nitrogen and oxygen atoms in total. The van der Waals surface area contributed by atoms with Crippen LogP contribution in [-0.2, 0) is 20.8 Å². The molecule has 214 valence electrons. The van der Waals surface area contributed by atoms with Crippen LogP contribution in [0.3, 0.4) is 0 Å². The van der Waals surface area contributed by atoms with Gasteiger partial charge in [0.05, 0.1) is 31.9 Å². The van der Waals surface area contributed by atoms with Gasteiger partial charge in [-0.3, -0.25) is 19.3 Å². The first kappa shape index (κ1) is 28.8. The van der Waals surface area contributed by atoms with E-state index in [1.807, 2.05) is 25.1 Å². The van der Waals surface area contributed by atoms with Gasteiger partial charge in [-0.15, -0.1) is 0 Å². The van der Waals surface area contributed by atoms with E-state index in [0.717, 1.165) is 5.56 Å². The molecule has 0 spiro atoms. The zero-order valence-corrected chi connectivity index (χ0v) is 22.6. The summed E-state index contributed by atoms with van der Waals surface area (Å²) in [4.78, 5) is 54.9. The fourth-order valence-corrected chi connectivity index (χ4v) is 5.07. The number of piperazine rings is 1. The zero-order chi connectivity index (χ0) is 28.8. The standard InChI is InChI=1S/C28H35N5O7/c1-18-5-3-4-6-21(18)29-28(39)30-22-8-7-19(13-24(22)40-2)14-25(35)33-16-20(34)15-23(33)27(38)32-11-9-31(10-12-32)17-26(36)37/h3-8,13,20,23,34H,9-12,14-17H2,1-2H3,(H,36,37)(H2,29,30,39). The Kier molecular flexibility index (Phi) is 9.22. The van der Waals surface area contributed by atoms with E-state index < -0.39 is 24.1 Å². The first-order chi connectivity index (χ1) is 19.1. The van der Waals surface area contributed by atoms with Gasteiger partial charge in [-0.25, -0.2) is 4.79 Å². The average molecular weight is 554 g/mol. The number of aryl methyl sites for hydroxylation is 1. The minimum absolute atomic E-state index is 0.0189. The minimum atomic E-state index is -0.915. The first-order valence-electron chi connectivity index (χ1n) is 13.2. The van der Waals surface area contributed by atoms with Crippen LogP contribution in [0.15, 0.2) is 42.5 Å². The number of urea groups is 1. The van der Waals surface area contributed by atoms with E-state index in [1.54, 1.807) is 34.1 Å². The number of aliphatic hydroxyl groups is 1. The molecule has 0 saturated carbocycles. The SMILES string of the molecule is COc1cc(CC(=O)N2CC(O)CC2C(=O)N2CCN(CC(=O)O)CC2)ccc1NC(=O)Nc1ccccc1C. The maximum absolute atomic E-state index is 13.3. The number of anilines is 2. The largest absolute Gasteiger partial charge is 0.495 e. The number of hydrogen-bond donors (Lipinski definition) is 4. The van der Waals surface area contributed by atoms with Crippen LogP contribution < -0.4 is 15.4 Å². The normalized spacial score (nSPS) is 19.3. The summed E-state index contributed by atoms with van der Waals surface area (Å²) in [6.45, 7) is 3.47. The monoisotopic (exact) mass is 553 g/mol. The Bertz CT molecular complexity index is 1260. The van der Waals surface area contributed by atoms with E-state index >= 15 is 0 Å². The van der Waals surface area contributed by atoms with Gasteiger partial charge in [0, 0.05) is 44.8 Å². The number of carboxylic acids is 1. The third-order valence-electron chi connectivity index (χ3n) is 7.19. The molecule has 0 aromatic heterocycles. The fourth-order valence-electron chi connectivity index (χ4n) is 5.07. The topological polar surface area (TPSA) is 152 Å². The van der Waals surface area contributed by atoms with Crippen molar-refractivity contribution in [3.05, 3.63) is 53.6 Å². The van der Waals surface area contributed by atoms with E-state index in [-0.39, 0.29) is 37.7 Å². The van der Waals surface area contributed by atoms with Crippen molar-refractivity contribution in [2.45, 2.75) is 31.9 Å². The van der Waals surface area contributed by atoms with Gasteiger partial charge >= 0.3 is 12.0 Å². The van der Waals surface area contributed by atoms with E-state index in [1.165, 1.54) is 12.0 Å². The van der Waals surface area contributed by atoms with E-state index in [4.69, 9.17) is 9.84 Å². The number of nitrogens with one attached hydrogen (secondary N) is 2. The number of amides is 4. The molecule has 12 heteroatoms. The van der Waals surface area contributed by atoms with Crippen molar-refractivity contribution in [3.63, 3.8) is 0 Å². The van der Waals surface area contributed by atoms with Gasteiger partial charge in [0.25, 0.3) is 0 Å². The Balaban J connectivity index is 1.38. The number of carbonyl (C=O) groups excluding carboxylic acids is 3. The number of carboxylic acid groups (broad SMARTS) is 1. The third-order valence-corrected chi connectivity index (χ3v) is 7.19. The Morgan fingerprint density at radius 2 is 1.70 bits per heavy atom. The maximum atomic E-state index is 13.3. The van der Waals surface area contributed by atoms with Gasteiger partial charge in [-0.05, 0) is 36.2 Å². The summed E-state index contributed by atoms with van der Waals surface area (Å²) >= 11 is 0. The molecule has 4 rings (SSSR count). The molecule has 2 aromatic carbocycles. The molecule has 2 unspecified atom stereocenters. The number of aliphatic carboxylic acids is 1. The zero-order valence-electron chi connectivity index (χ0n) is 22.6. The number of β-amino-alcohol motifs (C(OH)–C–C–N with tert-alkyl or cyclic N) is 1. The summed E-state index contributed by atoms with van der Waals surface area (Å²) in [6.07, 6.45) is -0.670. The van der Waals surface area contributed by atoms with Crippen molar-refractivity contribution in [1.82, 2.24) is 14.7 Å². The van der Waals surface area contributed by atoms with Crippen LogP contribution in [0.1, 0.15) is 17.5 Å². The molecular weight excluding hydrogens is 518 g/mol. The van der Waals surface area contributed by atoms with Crippen molar-refractivity contribution < 1.29 is 34.1 Å². The second-order valence-corrected chi connectivity index (χ2v) is 10.1. The summed E-state index contributed by atoms with van der Waals surface area (Å²) in [5, 5.41) is 24.8. The summed E-state index contributed by atoms with van der Waals surface area (Å²) in [6, 6.07) is 11.2. The molecule has 4 amide bonds. The van der Waals surface area contributed by atoms with Crippen molar-refractivity contribution in [2.75, 3.05) is 57.0 Å². The molecule has 2 aromatic rings. The quantitative estimate of drug-likeness (QED) is 0.383. The van der Waals surface area contributed by atoms with Crippen molar-refractivity contribution in [1.29, 1.82) is 0 Å². The highest BCUT2D eigenvalue weighted by Gasteiger charge is 2.41. The number of likely N-dealkylation sites (tertiary alicyclic amines) is 1. The molecule has 2 aliphatic heterocycles. The fraction of sp³-hybridized carbons (Fsp3) is 0.429. The predicted octanol–water partition coefficient (Wildman–Crippen LogP) is 1.38. The first-order valence-corrected chi connectivity index (χ1v) is 13.2. The van der Waals surface area contributed by atoms with Crippen LogP contribution >= 0.6 is 0 Å². The second kappa shape index (κ2) is 12.8. The van der Waals surface area contributed by atoms with E-state index in [9.17, 15) is 24.3 Å². The number of aliphatic hydroxyl groups excluding tert-OH is 1. The number of ether oxygens (including phenoxy) is 1. The summed E-state index contributed by atoms with van der Waals surface area (Å²) in [7, 11) is 1.47. The van der Waals surface area contributed by atoms with Crippen LogP contribution in [0.5, 0.6) is 5.75 Å². The highest BCUT2D eigenvalue weighted by Crippen LogP contribution is 2.28. The van der Waals surface area contributed by atoms with Crippen LogP contribution in [0.2, 0.25) is 0 Å². The lowest BCUT2D eigenvalue weighted by molar-refractivity contribution is -0.145. The molecule has 0 aliphatic carbocycles. The lowest BCUT2D eigenvalue weighted by Crippen LogP contribution is -2.55. The maximum Gasteiger partial charge on any atom is 0.323 e. The second-order valence-electron chi connectivity index (χ2n) is 10.1. The number of benzene rings is 2. The Morgan fingerprint density at radius 3 is 2.38 bits per heavy atom. The molecule has 0 bridgehead atoms. The molecule has 2 heterocycles. The number of para-hydroxylation sites is 1. The smallest absolute Gasteiger partial charge is 0.323 e. The number of carbonyl (C=O) groups is 4. The summed E-state index contributed by atoms with van der Waals surface area (Å²) in [5.41, 5.74) is 2.65. The number of methoxy groups -OCH3 is 1. The van der Waals surface area contributed by atoms with Gasteiger partial charge in [0.15, 0.2) is 0 Å². The van der Waals surface area contributed by atoms with Gasteiger partial charge in [-0.1, -0.05) is 24.3 Å². The van der Waals surface area contributed by atoms with Gasteiger partial charge < -0.3 is 35.4 Å². The molecule has 0 radical (unpaired) electrons. The molecule has 40 heavy (non-hydrogen) atoms.